The van der Waals surface area contributed by atoms with E-state index in [4.69, 9.17) is 5.73 Å². The molecule has 3 N–H and O–H groups in total. The molecule has 92 valence electrons. The van der Waals surface area contributed by atoms with Gasteiger partial charge in [-0.2, -0.15) is 0 Å². The van der Waals surface area contributed by atoms with Crippen LogP contribution in [0.25, 0.3) is 0 Å². The molecule has 16 heavy (non-hydrogen) atoms. The Labute approximate surface area is 115 Å². The molecule has 0 aliphatic rings. The predicted molar refractivity (Wildman–Crippen MR) is 74.2 cm³/mol. The fraction of sp³-hybridized carbons (Fsp3) is 0.455. The zero-order chi connectivity index (χ0) is 11.6. The smallest absolute Gasteiger partial charge is 0.128 e. The molecule has 5 heteroatoms. The Morgan fingerprint density at radius 2 is 2.06 bits per heavy atom. The maximum absolute atomic E-state index is 13.5. The largest absolute Gasteiger partial charge is 0.396 e. The van der Waals surface area contributed by atoms with Crippen molar-refractivity contribution in [3.8, 4) is 0 Å². The highest BCUT2D eigenvalue weighted by atomic mass is 127. The van der Waals surface area contributed by atoms with Gasteiger partial charge in [-0.05, 0) is 40.8 Å². The third-order valence-electron chi connectivity index (χ3n) is 2.54. The number of hydrogen-bond donors (Lipinski definition) is 2. The third kappa shape index (κ3) is 3.55. The number of aliphatic hydroxyl groups is 1. The Kier molecular flexibility index (Phi) is 6.17. The number of hydrogen-bond acceptors (Lipinski definition) is 2. The molecule has 2 nitrogen and oxygen atoms in total. The summed E-state index contributed by atoms with van der Waals surface area (Å²) in [6.07, 6.45) is 0. The summed E-state index contributed by atoms with van der Waals surface area (Å²) in [5.41, 5.74) is 5.89. The highest BCUT2D eigenvalue weighted by Gasteiger charge is 2.28. The van der Waals surface area contributed by atoms with Crippen LogP contribution in [0, 0.1) is 14.8 Å². The maximum atomic E-state index is 13.5. The van der Waals surface area contributed by atoms with Crippen LogP contribution in [-0.2, 0) is 0 Å². The van der Waals surface area contributed by atoms with Crippen LogP contribution >= 0.6 is 35.0 Å². The Morgan fingerprint density at radius 3 is 2.56 bits per heavy atom. The average molecular weight is 360 g/mol. The number of halogens is 3. The second-order valence-electron chi connectivity index (χ2n) is 4.29. The normalized spacial score (nSPS) is 13.1. The molecule has 0 heterocycles. The minimum absolute atomic E-state index is 0. The van der Waals surface area contributed by atoms with Gasteiger partial charge in [-0.3, -0.25) is 0 Å². The molecule has 1 aromatic rings. The van der Waals surface area contributed by atoms with Gasteiger partial charge in [-0.15, -0.1) is 12.4 Å². The van der Waals surface area contributed by atoms with Crippen molar-refractivity contribution in [1.82, 2.24) is 0 Å². The van der Waals surface area contributed by atoms with Gasteiger partial charge in [0.25, 0.3) is 0 Å². The molecular weight excluding hydrogens is 343 g/mol. The molecular formula is C11H16ClFINO. The Balaban J connectivity index is 0.00000225. The molecule has 0 aliphatic carbocycles. The average Bonchev–Trinajstić information content (AvgIpc) is 2.20. The quantitative estimate of drug-likeness (QED) is 0.815. The van der Waals surface area contributed by atoms with Crippen molar-refractivity contribution in [3.05, 3.63) is 33.1 Å². The zero-order valence-corrected chi connectivity index (χ0v) is 12.2. The predicted octanol–water partition coefficient (Wildman–Crippen LogP) is 2.87. The lowest BCUT2D eigenvalue weighted by Gasteiger charge is -2.30. The number of benzene rings is 1. The van der Waals surface area contributed by atoms with Crippen LogP contribution in [0.1, 0.15) is 25.5 Å². The van der Waals surface area contributed by atoms with Crippen LogP contribution < -0.4 is 5.73 Å². The molecule has 0 aliphatic heterocycles. The van der Waals surface area contributed by atoms with E-state index in [0.717, 1.165) is 3.57 Å². The van der Waals surface area contributed by atoms with Gasteiger partial charge in [0, 0.05) is 27.2 Å². The van der Waals surface area contributed by atoms with Crippen LogP contribution in [0.4, 0.5) is 4.39 Å². The summed E-state index contributed by atoms with van der Waals surface area (Å²) in [7, 11) is 0. The van der Waals surface area contributed by atoms with Gasteiger partial charge in [0.15, 0.2) is 0 Å². The van der Waals surface area contributed by atoms with Gasteiger partial charge >= 0.3 is 0 Å². The third-order valence-corrected chi connectivity index (χ3v) is 3.21. The Hall–Kier alpha value is 0.0900. The van der Waals surface area contributed by atoms with Crippen LogP contribution in [0.2, 0.25) is 0 Å². The molecule has 0 amide bonds. The molecule has 0 saturated heterocycles. The number of aliphatic hydroxyl groups excluding tert-OH is 1. The van der Waals surface area contributed by atoms with Gasteiger partial charge in [0.2, 0.25) is 0 Å². The molecule has 0 radical (unpaired) electrons. The van der Waals surface area contributed by atoms with E-state index < -0.39 is 11.5 Å². The Bertz CT molecular complexity index is 360. The van der Waals surface area contributed by atoms with Gasteiger partial charge < -0.3 is 10.8 Å². The first kappa shape index (κ1) is 16.1. The van der Waals surface area contributed by atoms with Gasteiger partial charge in [-0.25, -0.2) is 4.39 Å². The van der Waals surface area contributed by atoms with E-state index >= 15 is 0 Å². The molecule has 0 unspecified atom stereocenters. The second kappa shape index (κ2) is 6.14. The lowest BCUT2D eigenvalue weighted by atomic mass is 9.82. The van der Waals surface area contributed by atoms with Gasteiger partial charge in [0.05, 0.1) is 0 Å². The van der Waals surface area contributed by atoms with Crippen LogP contribution in [-0.4, -0.2) is 11.7 Å². The molecule has 0 spiro atoms. The topological polar surface area (TPSA) is 46.2 Å². The van der Waals surface area contributed by atoms with Crippen molar-refractivity contribution >= 4 is 35.0 Å². The lowest BCUT2D eigenvalue weighted by Crippen LogP contribution is -2.33. The van der Waals surface area contributed by atoms with Crippen molar-refractivity contribution in [2.45, 2.75) is 19.9 Å². The molecule has 1 rings (SSSR count). The van der Waals surface area contributed by atoms with E-state index in [1.54, 1.807) is 12.1 Å². The number of rotatable bonds is 3. The first-order valence-electron chi connectivity index (χ1n) is 4.70. The van der Waals surface area contributed by atoms with Crippen LogP contribution in [0.15, 0.2) is 18.2 Å². The van der Waals surface area contributed by atoms with Crippen molar-refractivity contribution in [1.29, 1.82) is 0 Å². The van der Waals surface area contributed by atoms with Gasteiger partial charge in [-0.1, -0.05) is 13.8 Å². The van der Waals surface area contributed by atoms with E-state index in [1.807, 2.05) is 13.8 Å². The van der Waals surface area contributed by atoms with Crippen molar-refractivity contribution < 1.29 is 9.50 Å². The lowest BCUT2D eigenvalue weighted by molar-refractivity contribution is 0.131. The summed E-state index contributed by atoms with van der Waals surface area (Å²) in [6.45, 7) is 3.56. The van der Waals surface area contributed by atoms with E-state index in [0.29, 0.717) is 5.56 Å². The summed E-state index contributed by atoms with van der Waals surface area (Å²) in [5.74, 6) is -0.315. The first-order valence-corrected chi connectivity index (χ1v) is 5.78. The highest BCUT2D eigenvalue weighted by Crippen LogP contribution is 2.32. The SMILES string of the molecule is CC(C)(CO)[C@H](N)c1cc(I)ccc1F.Cl. The fourth-order valence-electron chi connectivity index (χ4n) is 1.27. The molecule has 1 atom stereocenters. The van der Waals surface area contributed by atoms with E-state index in [2.05, 4.69) is 22.6 Å². The minimum atomic E-state index is -0.523. The molecule has 0 aromatic heterocycles. The summed E-state index contributed by atoms with van der Waals surface area (Å²) < 4.78 is 14.5. The summed E-state index contributed by atoms with van der Waals surface area (Å²) in [5, 5.41) is 9.18. The van der Waals surface area contributed by atoms with Crippen molar-refractivity contribution in [3.63, 3.8) is 0 Å². The standard InChI is InChI=1S/C11H15FINO.ClH/c1-11(2,6-15)10(14)8-5-7(13)3-4-9(8)12;/h3-5,10,15H,6,14H2,1-2H3;1H/t10-;/m1./s1. The summed E-state index contributed by atoms with van der Waals surface area (Å²) in [6, 6.07) is 4.32. The van der Waals surface area contributed by atoms with E-state index in [-0.39, 0.29) is 24.8 Å². The van der Waals surface area contributed by atoms with Crippen molar-refractivity contribution in [2.75, 3.05) is 6.61 Å². The molecule has 0 bridgehead atoms. The highest BCUT2D eigenvalue weighted by molar-refractivity contribution is 14.1. The van der Waals surface area contributed by atoms with Crippen LogP contribution in [0.5, 0.6) is 0 Å². The number of nitrogens with two attached hydrogens (primary N) is 1. The molecule has 0 saturated carbocycles. The minimum Gasteiger partial charge on any atom is -0.396 e. The van der Waals surface area contributed by atoms with Gasteiger partial charge in [0.1, 0.15) is 5.82 Å². The monoisotopic (exact) mass is 359 g/mol. The zero-order valence-electron chi connectivity index (χ0n) is 9.21. The fourth-order valence-corrected chi connectivity index (χ4v) is 1.79. The maximum Gasteiger partial charge on any atom is 0.128 e. The molecule has 0 fully saturated rings. The van der Waals surface area contributed by atoms with E-state index in [1.165, 1.54) is 6.07 Å². The first-order chi connectivity index (χ1) is 6.88. The Morgan fingerprint density at radius 1 is 1.50 bits per heavy atom. The summed E-state index contributed by atoms with van der Waals surface area (Å²) in [4.78, 5) is 0. The second-order valence-corrected chi connectivity index (χ2v) is 5.54. The summed E-state index contributed by atoms with van der Waals surface area (Å²) >= 11 is 2.11. The van der Waals surface area contributed by atoms with Crippen LogP contribution in [0.3, 0.4) is 0 Å². The van der Waals surface area contributed by atoms with E-state index in [9.17, 15) is 9.50 Å². The van der Waals surface area contributed by atoms with Crippen molar-refractivity contribution in [2.24, 2.45) is 11.1 Å². The molecule has 1 aromatic carbocycles.